The SMILES string of the molecule is CN(C)CC1CC2(CCN(C(=O)CCn3cnc4ccccc4c3=O)CC2)C(=O)O1. The Morgan fingerprint density at radius 3 is 2.70 bits per heavy atom. The third-order valence-electron chi connectivity index (χ3n) is 6.27. The molecule has 0 bridgehead atoms. The molecule has 8 nitrogen and oxygen atoms in total. The van der Waals surface area contributed by atoms with Gasteiger partial charge < -0.3 is 14.5 Å². The molecule has 30 heavy (non-hydrogen) atoms. The van der Waals surface area contributed by atoms with Gasteiger partial charge in [0.05, 0.1) is 22.6 Å². The summed E-state index contributed by atoms with van der Waals surface area (Å²) in [5.41, 5.74) is 0.0745. The van der Waals surface area contributed by atoms with E-state index in [-0.39, 0.29) is 30.0 Å². The molecule has 2 aromatic rings. The van der Waals surface area contributed by atoms with Gasteiger partial charge in [0.25, 0.3) is 5.56 Å². The van der Waals surface area contributed by atoms with Crippen molar-refractivity contribution >= 4 is 22.8 Å². The Morgan fingerprint density at radius 2 is 1.97 bits per heavy atom. The van der Waals surface area contributed by atoms with E-state index in [4.69, 9.17) is 4.74 Å². The summed E-state index contributed by atoms with van der Waals surface area (Å²) in [5.74, 6) is -0.114. The Hall–Kier alpha value is -2.74. The van der Waals surface area contributed by atoms with Crippen LogP contribution in [-0.4, -0.2) is 71.1 Å². The molecule has 1 atom stereocenters. The van der Waals surface area contributed by atoms with Gasteiger partial charge in [0.1, 0.15) is 6.10 Å². The molecular weight excluding hydrogens is 384 g/mol. The van der Waals surface area contributed by atoms with E-state index in [1.807, 2.05) is 31.1 Å². The minimum atomic E-state index is -0.448. The van der Waals surface area contributed by atoms with Crippen molar-refractivity contribution < 1.29 is 14.3 Å². The number of hydrogen-bond acceptors (Lipinski definition) is 6. The fourth-order valence-corrected chi connectivity index (χ4v) is 4.58. The lowest BCUT2D eigenvalue weighted by molar-refractivity contribution is -0.152. The Balaban J connectivity index is 1.34. The molecule has 0 saturated carbocycles. The summed E-state index contributed by atoms with van der Waals surface area (Å²) >= 11 is 0. The first-order chi connectivity index (χ1) is 14.4. The van der Waals surface area contributed by atoms with Crippen molar-refractivity contribution in [2.24, 2.45) is 5.41 Å². The second kappa shape index (κ2) is 8.18. The number of likely N-dealkylation sites (tertiary alicyclic amines) is 1. The first-order valence-corrected chi connectivity index (χ1v) is 10.5. The van der Waals surface area contributed by atoms with E-state index >= 15 is 0 Å². The summed E-state index contributed by atoms with van der Waals surface area (Å²) < 4.78 is 7.08. The minimum absolute atomic E-state index is 0.00103. The highest BCUT2D eigenvalue weighted by Gasteiger charge is 2.50. The second-order valence-corrected chi connectivity index (χ2v) is 8.67. The standard InChI is InChI=1S/C22H28N4O4/c1-24(2)14-16-13-22(21(29)30-16)8-11-25(12-9-22)19(27)7-10-26-15-23-18-6-4-3-5-17(18)20(26)28/h3-6,15-16H,7-14H2,1-2H3. The number of carbonyl (C=O) groups excluding carboxylic acids is 2. The maximum absolute atomic E-state index is 12.7. The average Bonchev–Trinajstić information content (AvgIpc) is 3.01. The van der Waals surface area contributed by atoms with E-state index in [1.165, 1.54) is 10.9 Å². The highest BCUT2D eigenvalue weighted by molar-refractivity contribution is 5.81. The number of rotatable bonds is 5. The molecule has 1 spiro atoms. The van der Waals surface area contributed by atoms with Crippen LogP contribution in [0.15, 0.2) is 35.4 Å². The Kier molecular flexibility index (Phi) is 5.60. The molecule has 0 radical (unpaired) electrons. The van der Waals surface area contributed by atoms with Crippen LogP contribution in [0.1, 0.15) is 25.7 Å². The van der Waals surface area contributed by atoms with E-state index < -0.39 is 5.41 Å². The Morgan fingerprint density at radius 1 is 1.23 bits per heavy atom. The maximum atomic E-state index is 12.7. The molecule has 8 heteroatoms. The van der Waals surface area contributed by atoms with Gasteiger partial charge in [0.15, 0.2) is 0 Å². The smallest absolute Gasteiger partial charge is 0.312 e. The Labute approximate surface area is 175 Å². The van der Waals surface area contributed by atoms with E-state index in [0.717, 1.165) is 13.0 Å². The molecule has 160 valence electrons. The lowest BCUT2D eigenvalue weighted by Gasteiger charge is -2.36. The van der Waals surface area contributed by atoms with Crippen molar-refractivity contribution in [3.05, 3.63) is 40.9 Å². The minimum Gasteiger partial charge on any atom is -0.461 e. The number of carbonyl (C=O) groups is 2. The highest BCUT2D eigenvalue weighted by atomic mass is 16.6. The number of likely N-dealkylation sites (N-methyl/N-ethyl adjacent to an activating group) is 1. The number of esters is 1. The molecule has 2 aliphatic rings. The number of benzene rings is 1. The first kappa shape index (κ1) is 20.5. The number of amides is 1. The first-order valence-electron chi connectivity index (χ1n) is 10.5. The van der Waals surface area contributed by atoms with Gasteiger partial charge in [0, 0.05) is 39.0 Å². The number of aromatic nitrogens is 2. The third kappa shape index (κ3) is 3.96. The van der Waals surface area contributed by atoms with Crippen LogP contribution in [0.4, 0.5) is 0 Å². The predicted molar refractivity (Wildman–Crippen MR) is 112 cm³/mol. The molecule has 3 heterocycles. The van der Waals surface area contributed by atoms with Crippen molar-refractivity contribution in [1.82, 2.24) is 19.4 Å². The summed E-state index contributed by atoms with van der Waals surface area (Å²) in [6.07, 6.45) is 3.67. The van der Waals surface area contributed by atoms with Crippen LogP contribution in [0.3, 0.4) is 0 Å². The van der Waals surface area contributed by atoms with Crippen molar-refractivity contribution in [3.63, 3.8) is 0 Å². The summed E-state index contributed by atoms with van der Waals surface area (Å²) in [6, 6.07) is 7.19. The van der Waals surface area contributed by atoms with E-state index in [9.17, 15) is 14.4 Å². The van der Waals surface area contributed by atoms with Gasteiger partial charge in [-0.2, -0.15) is 0 Å². The summed E-state index contributed by atoms with van der Waals surface area (Å²) in [7, 11) is 3.94. The normalized spacial score (nSPS) is 20.8. The number of cyclic esters (lactones) is 1. The van der Waals surface area contributed by atoms with Gasteiger partial charge in [0.2, 0.25) is 5.91 Å². The summed E-state index contributed by atoms with van der Waals surface area (Å²) in [4.78, 5) is 45.9. The lowest BCUT2D eigenvalue weighted by Crippen LogP contribution is -2.45. The number of fused-ring (bicyclic) bond motifs is 1. The molecule has 1 aromatic heterocycles. The van der Waals surface area contributed by atoms with Gasteiger partial charge in [-0.15, -0.1) is 0 Å². The van der Waals surface area contributed by atoms with Gasteiger partial charge >= 0.3 is 5.97 Å². The molecule has 4 rings (SSSR count). The van der Waals surface area contributed by atoms with Crippen LogP contribution in [0.2, 0.25) is 0 Å². The van der Waals surface area contributed by atoms with Gasteiger partial charge in [-0.1, -0.05) is 12.1 Å². The van der Waals surface area contributed by atoms with E-state index in [2.05, 4.69) is 4.98 Å². The summed E-state index contributed by atoms with van der Waals surface area (Å²) in [5, 5.41) is 0.555. The molecule has 0 N–H and O–H groups in total. The van der Waals surface area contributed by atoms with Crippen LogP contribution in [-0.2, 0) is 20.9 Å². The maximum Gasteiger partial charge on any atom is 0.312 e. The quantitative estimate of drug-likeness (QED) is 0.688. The molecule has 1 aromatic carbocycles. The van der Waals surface area contributed by atoms with Crippen LogP contribution < -0.4 is 5.56 Å². The number of piperidine rings is 1. The zero-order valence-corrected chi connectivity index (χ0v) is 17.5. The number of hydrogen-bond donors (Lipinski definition) is 0. The van der Waals surface area contributed by atoms with Crippen LogP contribution >= 0.6 is 0 Å². The lowest BCUT2D eigenvalue weighted by atomic mass is 9.76. The number of ether oxygens (including phenoxy) is 1. The fraction of sp³-hybridized carbons (Fsp3) is 0.545. The van der Waals surface area contributed by atoms with Gasteiger partial charge in [-0.05, 0) is 39.1 Å². The van der Waals surface area contributed by atoms with Crippen molar-refractivity contribution in [3.8, 4) is 0 Å². The molecule has 1 amide bonds. The zero-order valence-electron chi connectivity index (χ0n) is 17.5. The fourth-order valence-electron chi connectivity index (χ4n) is 4.58. The summed E-state index contributed by atoms with van der Waals surface area (Å²) in [6.45, 7) is 2.12. The van der Waals surface area contributed by atoms with Crippen molar-refractivity contribution in [1.29, 1.82) is 0 Å². The Bertz CT molecular complexity index is 1010. The predicted octanol–water partition coefficient (Wildman–Crippen LogP) is 1.27. The zero-order chi connectivity index (χ0) is 21.3. The third-order valence-corrected chi connectivity index (χ3v) is 6.27. The molecule has 2 aliphatic heterocycles. The number of nitrogens with zero attached hydrogens (tertiary/aromatic N) is 4. The average molecular weight is 412 g/mol. The molecule has 0 aliphatic carbocycles. The van der Waals surface area contributed by atoms with Crippen LogP contribution in [0.25, 0.3) is 10.9 Å². The molecular formula is C22H28N4O4. The largest absolute Gasteiger partial charge is 0.461 e. The monoisotopic (exact) mass is 412 g/mol. The van der Waals surface area contributed by atoms with E-state index in [1.54, 1.807) is 17.0 Å². The highest BCUT2D eigenvalue weighted by Crippen LogP contribution is 2.43. The van der Waals surface area contributed by atoms with Crippen LogP contribution in [0.5, 0.6) is 0 Å². The topological polar surface area (TPSA) is 84.7 Å². The molecule has 1 unspecified atom stereocenters. The van der Waals surface area contributed by atoms with Crippen LogP contribution in [0, 0.1) is 5.41 Å². The second-order valence-electron chi connectivity index (χ2n) is 8.67. The van der Waals surface area contributed by atoms with Crippen molar-refractivity contribution in [2.75, 3.05) is 33.7 Å². The van der Waals surface area contributed by atoms with E-state index in [0.29, 0.717) is 43.4 Å². The van der Waals surface area contributed by atoms with Crippen molar-refractivity contribution in [2.45, 2.75) is 38.3 Å². The molecule has 2 fully saturated rings. The number of para-hydroxylation sites is 1. The number of aryl methyl sites for hydroxylation is 1. The van der Waals surface area contributed by atoms with Gasteiger partial charge in [-0.25, -0.2) is 4.98 Å². The molecule has 2 saturated heterocycles. The van der Waals surface area contributed by atoms with Gasteiger partial charge in [-0.3, -0.25) is 19.0 Å².